The summed E-state index contributed by atoms with van der Waals surface area (Å²) in [5.41, 5.74) is 0.246. The molecule has 1 aromatic rings. The normalized spacial score (nSPS) is 18.7. The number of nitrogens with zero attached hydrogens (tertiary/aromatic N) is 2. The Hall–Kier alpha value is -1.61. The van der Waals surface area contributed by atoms with Gasteiger partial charge in [-0.3, -0.25) is 9.52 Å². The van der Waals surface area contributed by atoms with Gasteiger partial charge in [0.1, 0.15) is 12.0 Å². The number of hydrogen-bond donors (Lipinski definition) is 2. The van der Waals surface area contributed by atoms with E-state index < -0.39 is 22.1 Å². The molecule has 0 saturated carbocycles. The van der Waals surface area contributed by atoms with E-state index in [0.29, 0.717) is 12.8 Å². The number of hydrogen-bond acceptors (Lipinski definition) is 5. The van der Waals surface area contributed by atoms with Crippen LogP contribution in [0.2, 0.25) is 0 Å². The van der Waals surface area contributed by atoms with Gasteiger partial charge in [-0.05, 0) is 12.8 Å². The molecule has 2 rings (SSSR count). The second-order valence-electron chi connectivity index (χ2n) is 4.03. The van der Waals surface area contributed by atoms with Gasteiger partial charge < -0.3 is 9.63 Å². The zero-order valence-corrected chi connectivity index (χ0v) is 10.3. The van der Waals surface area contributed by atoms with E-state index in [2.05, 4.69) is 14.4 Å². The number of carbonyl (C=O) groups is 1. The maximum absolute atomic E-state index is 11.9. The van der Waals surface area contributed by atoms with Gasteiger partial charge in [-0.25, -0.2) is 0 Å². The number of piperidine rings is 1. The van der Waals surface area contributed by atoms with Crippen molar-refractivity contribution in [2.24, 2.45) is 5.92 Å². The molecule has 0 amide bonds. The summed E-state index contributed by atoms with van der Waals surface area (Å²) in [7, 11) is -3.67. The lowest BCUT2D eigenvalue weighted by Crippen LogP contribution is -2.42. The molecular weight excluding hydrogens is 262 g/mol. The Balaban J connectivity index is 1.98. The van der Waals surface area contributed by atoms with Crippen LogP contribution < -0.4 is 4.72 Å². The van der Waals surface area contributed by atoms with Gasteiger partial charge in [0, 0.05) is 13.1 Å². The summed E-state index contributed by atoms with van der Waals surface area (Å²) in [4.78, 5) is 10.8. The first-order chi connectivity index (χ1) is 8.49. The average Bonchev–Trinajstić information content (AvgIpc) is 2.81. The fraction of sp³-hybridized carbons (Fsp3) is 0.556. The van der Waals surface area contributed by atoms with Crippen LogP contribution in [0.5, 0.6) is 0 Å². The second kappa shape index (κ2) is 4.94. The Morgan fingerprint density at radius 1 is 1.50 bits per heavy atom. The first-order valence-corrected chi connectivity index (χ1v) is 6.83. The second-order valence-corrected chi connectivity index (χ2v) is 5.70. The maximum Gasteiger partial charge on any atom is 0.306 e. The molecule has 9 heteroatoms. The number of anilines is 1. The molecule has 0 aromatic carbocycles. The topological polar surface area (TPSA) is 113 Å². The van der Waals surface area contributed by atoms with Crippen LogP contribution in [-0.2, 0) is 15.0 Å². The van der Waals surface area contributed by atoms with Crippen molar-refractivity contribution in [3.63, 3.8) is 0 Å². The van der Waals surface area contributed by atoms with E-state index in [1.54, 1.807) is 0 Å². The van der Waals surface area contributed by atoms with Crippen LogP contribution in [0.15, 0.2) is 17.0 Å². The Morgan fingerprint density at radius 3 is 2.67 bits per heavy atom. The van der Waals surface area contributed by atoms with Crippen molar-refractivity contribution >= 4 is 21.9 Å². The summed E-state index contributed by atoms with van der Waals surface area (Å²) in [6.45, 7) is 0.384. The molecule has 0 aliphatic carbocycles. The van der Waals surface area contributed by atoms with E-state index in [0.717, 1.165) is 0 Å². The van der Waals surface area contributed by atoms with Gasteiger partial charge in [0.2, 0.25) is 0 Å². The Morgan fingerprint density at radius 2 is 2.17 bits per heavy atom. The predicted octanol–water partition coefficient (Wildman–Crippen LogP) is 0.128. The Kier molecular flexibility index (Phi) is 3.53. The zero-order chi connectivity index (χ0) is 13.2. The Labute approximate surface area is 104 Å². The van der Waals surface area contributed by atoms with E-state index in [1.807, 2.05) is 0 Å². The highest BCUT2D eigenvalue weighted by molar-refractivity contribution is 7.90. The van der Waals surface area contributed by atoms with Crippen molar-refractivity contribution in [1.82, 2.24) is 9.46 Å². The molecule has 1 saturated heterocycles. The highest BCUT2D eigenvalue weighted by Crippen LogP contribution is 2.20. The average molecular weight is 275 g/mol. The third-order valence-electron chi connectivity index (χ3n) is 2.82. The molecule has 1 aromatic heterocycles. The largest absolute Gasteiger partial charge is 0.481 e. The molecule has 8 nitrogen and oxygen atoms in total. The third kappa shape index (κ3) is 2.79. The van der Waals surface area contributed by atoms with Crippen LogP contribution in [0.4, 0.5) is 5.69 Å². The van der Waals surface area contributed by atoms with Crippen LogP contribution in [-0.4, -0.2) is 42.0 Å². The molecule has 18 heavy (non-hydrogen) atoms. The fourth-order valence-corrected chi connectivity index (χ4v) is 3.03. The predicted molar refractivity (Wildman–Crippen MR) is 61.0 cm³/mol. The van der Waals surface area contributed by atoms with Gasteiger partial charge in [-0.2, -0.15) is 12.7 Å². The number of nitrogens with one attached hydrogen (secondary N) is 1. The molecule has 1 fully saturated rings. The van der Waals surface area contributed by atoms with Gasteiger partial charge in [-0.1, -0.05) is 5.16 Å². The highest BCUT2D eigenvalue weighted by atomic mass is 32.2. The monoisotopic (exact) mass is 275 g/mol. The van der Waals surface area contributed by atoms with Gasteiger partial charge in [0.25, 0.3) is 0 Å². The van der Waals surface area contributed by atoms with Gasteiger partial charge in [-0.15, -0.1) is 0 Å². The summed E-state index contributed by atoms with van der Waals surface area (Å²) in [5, 5.41) is 12.2. The first kappa shape index (κ1) is 12.8. The summed E-state index contributed by atoms with van der Waals surface area (Å²) >= 11 is 0. The van der Waals surface area contributed by atoms with E-state index in [-0.39, 0.29) is 18.8 Å². The standard InChI is InChI=1S/C9H13N3O5S/c13-9(14)7-1-3-12(4-2-7)18(15,16)11-8-5-10-17-6-8/h5-7,11H,1-4H2,(H,13,14). The summed E-state index contributed by atoms with van der Waals surface area (Å²) in [6, 6.07) is 0. The molecule has 1 aliphatic heterocycles. The summed E-state index contributed by atoms with van der Waals surface area (Å²) in [5.74, 6) is -1.34. The lowest BCUT2D eigenvalue weighted by atomic mass is 9.99. The van der Waals surface area contributed by atoms with E-state index in [4.69, 9.17) is 5.11 Å². The molecule has 0 unspecified atom stereocenters. The van der Waals surface area contributed by atoms with Crippen molar-refractivity contribution in [2.75, 3.05) is 17.8 Å². The number of aliphatic carboxylic acids is 1. The maximum atomic E-state index is 11.9. The van der Waals surface area contributed by atoms with Crippen LogP contribution in [0.25, 0.3) is 0 Å². The first-order valence-electron chi connectivity index (χ1n) is 5.39. The molecule has 0 atom stereocenters. The molecule has 100 valence electrons. The summed E-state index contributed by atoms with van der Waals surface area (Å²) < 4.78 is 31.9. The quantitative estimate of drug-likeness (QED) is 0.807. The van der Waals surface area contributed by atoms with Crippen molar-refractivity contribution in [3.8, 4) is 0 Å². The minimum atomic E-state index is -3.67. The summed E-state index contributed by atoms with van der Waals surface area (Å²) in [6.07, 6.45) is 3.07. The van der Waals surface area contributed by atoms with E-state index in [9.17, 15) is 13.2 Å². The van der Waals surface area contributed by atoms with Crippen LogP contribution >= 0.6 is 0 Å². The third-order valence-corrected chi connectivity index (χ3v) is 4.36. The van der Waals surface area contributed by atoms with Crippen molar-refractivity contribution in [3.05, 3.63) is 12.5 Å². The molecule has 0 radical (unpaired) electrons. The van der Waals surface area contributed by atoms with Gasteiger partial charge in [0.15, 0.2) is 0 Å². The van der Waals surface area contributed by atoms with Crippen molar-refractivity contribution in [1.29, 1.82) is 0 Å². The smallest absolute Gasteiger partial charge is 0.306 e. The molecule has 1 aliphatic rings. The van der Waals surface area contributed by atoms with E-state index >= 15 is 0 Å². The van der Waals surface area contributed by atoms with Gasteiger partial charge >= 0.3 is 16.2 Å². The molecule has 2 heterocycles. The van der Waals surface area contributed by atoms with Crippen molar-refractivity contribution in [2.45, 2.75) is 12.8 Å². The van der Waals surface area contributed by atoms with Crippen LogP contribution in [0, 0.1) is 5.92 Å². The SMILES string of the molecule is O=C(O)C1CCN(S(=O)(=O)Nc2cnoc2)CC1. The molecule has 0 bridgehead atoms. The van der Waals surface area contributed by atoms with Crippen LogP contribution in [0.1, 0.15) is 12.8 Å². The minimum absolute atomic E-state index is 0.192. The zero-order valence-electron chi connectivity index (χ0n) is 9.44. The molecule has 0 spiro atoms. The van der Waals surface area contributed by atoms with E-state index in [1.165, 1.54) is 16.8 Å². The lowest BCUT2D eigenvalue weighted by Gasteiger charge is -2.29. The number of aromatic nitrogens is 1. The number of carboxylic acid groups (broad SMARTS) is 1. The van der Waals surface area contributed by atoms with Crippen LogP contribution in [0.3, 0.4) is 0 Å². The number of rotatable bonds is 4. The molecular formula is C9H13N3O5S. The Bertz CT molecular complexity index is 504. The van der Waals surface area contributed by atoms with Gasteiger partial charge in [0.05, 0.1) is 12.1 Å². The minimum Gasteiger partial charge on any atom is -0.481 e. The number of carboxylic acids is 1. The lowest BCUT2D eigenvalue weighted by molar-refractivity contribution is -0.142. The molecule has 2 N–H and O–H groups in total. The highest BCUT2D eigenvalue weighted by Gasteiger charge is 2.31. The van der Waals surface area contributed by atoms with Crippen molar-refractivity contribution < 1.29 is 22.8 Å². The fourth-order valence-electron chi connectivity index (χ4n) is 1.81.